The minimum Gasteiger partial charge on any atom is -0.351 e. The number of halogens is 1. The van der Waals surface area contributed by atoms with E-state index in [0.717, 1.165) is 11.5 Å². The molecule has 0 saturated carbocycles. The number of hydrogen-bond acceptors (Lipinski definition) is 6. The number of piperazine rings is 1. The van der Waals surface area contributed by atoms with Crippen molar-refractivity contribution in [2.75, 3.05) is 31.1 Å². The summed E-state index contributed by atoms with van der Waals surface area (Å²) in [5.41, 5.74) is 2.80. The van der Waals surface area contributed by atoms with E-state index in [0.29, 0.717) is 47.9 Å². The first-order valence-electron chi connectivity index (χ1n) is 9.62. The quantitative estimate of drug-likeness (QED) is 0.508. The molecule has 1 fully saturated rings. The lowest BCUT2D eigenvalue weighted by atomic mass is 10.2. The lowest BCUT2D eigenvalue weighted by Crippen LogP contribution is -2.49. The molecule has 1 aliphatic heterocycles. The zero-order valence-corrected chi connectivity index (χ0v) is 16.8. The summed E-state index contributed by atoms with van der Waals surface area (Å²) in [5.74, 6) is 0.719. The summed E-state index contributed by atoms with van der Waals surface area (Å²) in [6, 6.07) is 16.8. The molecule has 5 rings (SSSR count). The number of amides is 1. The second-order valence-corrected chi connectivity index (χ2v) is 7.43. The van der Waals surface area contributed by atoms with Gasteiger partial charge >= 0.3 is 0 Å². The van der Waals surface area contributed by atoms with Crippen LogP contribution in [0, 0.1) is 0 Å². The third-order valence-corrected chi connectivity index (χ3v) is 5.39. The molecule has 2 aromatic carbocycles. The summed E-state index contributed by atoms with van der Waals surface area (Å²) < 4.78 is 1.71. The molecule has 0 radical (unpaired) electrons. The van der Waals surface area contributed by atoms with Crippen LogP contribution in [0.25, 0.3) is 16.9 Å². The van der Waals surface area contributed by atoms with Gasteiger partial charge in [0.15, 0.2) is 17.0 Å². The Morgan fingerprint density at radius 2 is 1.73 bits per heavy atom. The summed E-state index contributed by atoms with van der Waals surface area (Å²) in [6.07, 6.45) is 1.53. The number of carbonyl (C=O) groups is 1. The van der Waals surface area contributed by atoms with Crippen molar-refractivity contribution in [1.82, 2.24) is 29.9 Å². The lowest BCUT2D eigenvalue weighted by molar-refractivity contribution is 0.0746. The van der Waals surface area contributed by atoms with Crippen LogP contribution in [0.5, 0.6) is 0 Å². The zero-order valence-electron chi connectivity index (χ0n) is 16.0. The second-order valence-electron chi connectivity index (χ2n) is 7.00. The Bertz CT molecular complexity index is 1200. The molecule has 30 heavy (non-hydrogen) atoms. The molecule has 9 heteroatoms. The van der Waals surface area contributed by atoms with Crippen LogP contribution in [0.3, 0.4) is 0 Å². The van der Waals surface area contributed by atoms with Crippen LogP contribution in [0.15, 0.2) is 60.9 Å². The van der Waals surface area contributed by atoms with E-state index in [2.05, 4.69) is 25.2 Å². The van der Waals surface area contributed by atoms with E-state index in [1.807, 2.05) is 35.2 Å². The molecule has 0 aliphatic carbocycles. The maximum Gasteiger partial charge on any atom is 0.254 e. The van der Waals surface area contributed by atoms with Crippen molar-refractivity contribution in [2.45, 2.75) is 0 Å². The van der Waals surface area contributed by atoms with Gasteiger partial charge in [0, 0.05) is 36.8 Å². The van der Waals surface area contributed by atoms with Crippen molar-refractivity contribution in [3.63, 3.8) is 0 Å². The van der Waals surface area contributed by atoms with Gasteiger partial charge in [-0.2, -0.15) is 4.68 Å². The molecule has 1 amide bonds. The molecule has 0 N–H and O–H groups in total. The second kappa shape index (κ2) is 7.72. The van der Waals surface area contributed by atoms with Crippen molar-refractivity contribution >= 4 is 34.5 Å². The lowest BCUT2D eigenvalue weighted by Gasteiger charge is -2.35. The van der Waals surface area contributed by atoms with Gasteiger partial charge in [0.1, 0.15) is 6.33 Å². The smallest absolute Gasteiger partial charge is 0.254 e. The predicted octanol–water partition coefficient (Wildman–Crippen LogP) is 2.83. The van der Waals surface area contributed by atoms with Crippen LogP contribution >= 0.6 is 11.6 Å². The average molecular weight is 420 g/mol. The van der Waals surface area contributed by atoms with Crippen LogP contribution in [0.1, 0.15) is 10.4 Å². The average Bonchev–Trinajstić information content (AvgIpc) is 3.24. The third-order valence-electron chi connectivity index (χ3n) is 5.16. The summed E-state index contributed by atoms with van der Waals surface area (Å²) in [5, 5.41) is 9.16. The molecule has 0 unspecified atom stereocenters. The first kappa shape index (κ1) is 18.5. The van der Waals surface area contributed by atoms with Gasteiger partial charge in [-0.15, -0.1) is 5.10 Å². The Labute approximate surface area is 177 Å². The number of rotatable bonds is 3. The highest BCUT2D eigenvalue weighted by atomic mass is 35.5. The standard InChI is InChI=1S/C21H18ClN7O/c22-16-6-4-5-15(13-16)21(30)28-11-9-27(10-12-28)19-18-20(24-14-23-19)29(26-25-18)17-7-2-1-3-8-17/h1-8,13-14H,9-12H2. The van der Waals surface area contributed by atoms with E-state index in [1.54, 1.807) is 28.9 Å². The van der Waals surface area contributed by atoms with Gasteiger partial charge in [-0.05, 0) is 30.3 Å². The largest absolute Gasteiger partial charge is 0.351 e. The molecule has 4 aromatic rings. The molecular formula is C21H18ClN7O. The van der Waals surface area contributed by atoms with Gasteiger partial charge in [-0.1, -0.05) is 41.1 Å². The van der Waals surface area contributed by atoms with Crippen LogP contribution in [0.2, 0.25) is 5.02 Å². The van der Waals surface area contributed by atoms with Crippen LogP contribution < -0.4 is 4.90 Å². The number of benzene rings is 2. The van der Waals surface area contributed by atoms with E-state index in [9.17, 15) is 4.79 Å². The number of nitrogens with zero attached hydrogens (tertiary/aromatic N) is 7. The first-order chi connectivity index (χ1) is 14.7. The number of para-hydroxylation sites is 1. The molecule has 0 bridgehead atoms. The van der Waals surface area contributed by atoms with Crippen molar-refractivity contribution in [2.24, 2.45) is 0 Å². The molecule has 150 valence electrons. The summed E-state index contributed by atoms with van der Waals surface area (Å²) in [6.45, 7) is 2.47. The van der Waals surface area contributed by atoms with Gasteiger partial charge in [-0.3, -0.25) is 4.79 Å². The Hall–Kier alpha value is -3.52. The summed E-state index contributed by atoms with van der Waals surface area (Å²) in [7, 11) is 0. The fourth-order valence-corrected chi connectivity index (χ4v) is 3.83. The van der Waals surface area contributed by atoms with Crippen molar-refractivity contribution in [3.8, 4) is 5.69 Å². The van der Waals surface area contributed by atoms with Crippen LogP contribution in [-0.4, -0.2) is 61.9 Å². The Kier molecular flexibility index (Phi) is 4.76. The number of fused-ring (bicyclic) bond motifs is 1. The number of carbonyl (C=O) groups excluding carboxylic acids is 1. The fourth-order valence-electron chi connectivity index (χ4n) is 3.64. The number of hydrogen-bond donors (Lipinski definition) is 0. The van der Waals surface area contributed by atoms with E-state index in [-0.39, 0.29) is 5.91 Å². The third kappa shape index (κ3) is 3.35. The van der Waals surface area contributed by atoms with E-state index >= 15 is 0 Å². The minimum absolute atomic E-state index is 0.0139. The zero-order chi connectivity index (χ0) is 20.5. The van der Waals surface area contributed by atoms with Crippen LogP contribution in [-0.2, 0) is 0 Å². The number of aromatic nitrogens is 5. The maximum atomic E-state index is 12.8. The predicted molar refractivity (Wildman–Crippen MR) is 114 cm³/mol. The summed E-state index contributed by atoms with van der Waals surface area (Å²) in [4.78, 5) is 25.6. The molecular weight excluding hydrogens is 402 g/mol. The maximum absolute atomic E-state index is 12.8. The fraction of sp³-hybridized carbons (Fsp3) is 0.190. The van der Waals surface area contributed by atoms with Crippen molar-refractivity contribution < 1.29 is 4.79 Å². The first-order valence-corrected chi connectivity index (χ1v) is 10.00. The molecule has 1 saturated heterocycles. The Morgan fingerprint density at radius 1 is 0.933 bits per heavy atom. The highest BCUT2D eigenvalue weighted by molar-refractivity contribution is 6.30. The van der Waals surface area contributed by atoms with Gasteiger partial charge in [0.05, 0.1) is 5.69 Å². The van der Waals surface area contributed by atoms with Gasteiger partial charge < -0.3 is 9.80 Å². The number of anilines is 1. The van der Waals surface area contributed by atoms with Gasteiger partial charge in [0.2, 0.25) is 0 Å². The SMILES string of the molecule is O=C(c1cccc(Cl)c1)N1CCN(c2ncnc3c2nnn3-c2ccccc2)CC1. The molecule has 8 nitrogen and oxygen atoms in total. The van der Waals surface area contributed by atoms with Crippen molar-refractivity contribution in [1.29, 1.82) is 0 Å². The Morgan fingerprint density at radius 3 is 2.50 bits per heavy atom. The summed E-state index contributed by atoms with van der Waals surface area (Å²) >= 11 is 6.02. The normalized spacial score (nSPS) is 14.3. The monoisotopic (exact) mass is 419 g/mol. The molecule has 3 heterocycles. The topological polar surface area (TPSA) is 80.0 Å². The van der Waals surface area contributed by atoms with E-state index in [4.69, 9.17) is 11.6 Å². The molecule has 2 aromatic heterocycles. The van der Waals surface area contributed by atoms with E-state index in [1.165, 1.54) is 6.33 Å². The van der Waals surface area contributed by atoms with Crippen molar-refractivity contribution in [3.05, 3.63) is 71.5 Å². The highest BCUT2D eigenvalue weighted by Gasteiger charge is 2.25. The van der Waals surface area contributed by atoms with E-state index < -0.39 is 0 Å². The Balaban J connectivity index is 1.36. The highest BCUT2D eigenvalue weighted by Crippen LogP contribution is 2.24. The molecule has 1 aliphatic rings. The van der Waals surface area contributed by atoms with Gasteiger partial charge in [-0.25, -0.2) is 9.97 Å². The minimum atomic E-state index is -0.0139. The van der Waals surface area contributed by atoms with Gasteiger partial charge in [0.25, 0.3) is 5.91 Å². The molecule has 0 spiro atoms. The molecule has 0 atom stereocenters. The van der Waals surface area contributed by atoms with Crippen LogP contribution in [0.4, 0.5) is 5.82 Å².